The molecule has 0 atom stereocenters. The highest BCUT2D eigenvalue weighted by atomic mass is 16.5. The molecule has 0 saturated carbocycles. The van der Waals surface area contributed by atoms with Crippen LogP contribution in [-0.4, -0.2) is 28.5 Å². The van der Waals surface area contributed by atoms with Crippen molar-refractivity contribution in [2.75, 3.05) is 7.11 Å². The molecule has 0 aliphatic heterocycles. The van der Waals surface area contributed by atoms with Crippen LogP contribution in [0, 0.1) is 13.8 Å². The van der Waals surface area contributed by atoms with Crippen molar-refractivity contribution < 1.29 is 9.53 Å². The van der Waals surface area contributed by atoms with Crippen molar-refractivity contribution in [1.82, 2.24) is 15.2 Å². The first-order valence-electron chi connectivity index (χ1n) is 9.05. The summed E-state index contributed by atoms with van der Waals surface area (Å²) in [5.41, 5.74) is 7.90. The Bertz CT molecular complexity index is 1000. The number of aryl methyl sites for hydroxylation is 2. The van der Waals surface area contributed by atoms with Gasteiger partial charge in [0.25, 0.3) is 5.91 Å². The number of ether oxygens (including phenoxy) is 1. The average molecular weight is 376 g/mol. The average Bonchev–Trinajstić information content (AvgIpc) is 3.02. The summed E-state index contributed by atoms with van der Waals surface area (Å²) in [6.07, 6.45) is 0. The molecule has 3 rings (SSSR count). The summed E-state index contributed by atoms with van der Waals surface area (Å²) in [6, 6.07) is 17.1. The number of nitrogens with one attached hydrogen (secondary N) is 1. The fourth-order valence-corrected chi connectivity index (χ4v) is 2.91. The molecule has 6 heteroatoms. The Balaban J connectivity index is 1.69. The molecule has 0 radical (unpaired) electrons. The zero-order valence-electron chi connectivity index (χ0n) is 16.6. The zero-order valence-corrected chi connectivity index (χ0v) is 16.6. The minimum Gasteiger partial charge on any atom is -0.497 e. The molecule has 0 unspecified atom stereocenters. The van der Waals surface area contributed by atoms with Crippen LogP contribution in [0.25, 0.3) is 0 Å². The second kappa shape index (κ2) is 8.52. The molecule has 144 valence electrons. The fourth-order valence-electron chi connectivity index (χ4n) is 2.91. The highest BCUT2D eigenvalue weighted by Gasteiger charge is 2.08. The van der Waals surface area contributed by atoms with Gasteiger partial charge < -0.3 is 4.74 Å². The van der Waals surface area contributed by atoms with Crippen LogP contribution in [0.1, 0.15) is 39.8 Å². The number of benzene rings is 2. The predicted molar refractivity (Wildman–Crippen MR) is 110 cm³/mol. The number of nitrogens with zero attached hydrogens (tertiary/aromatic N) is 3. The van der Waals surface area contributed by atoms with Gasteiger partial charge in [-0.15, -0.1) is 0 Å². The van der Waals surface area contributed by atoms with Gasteiger partial charge in [-0.3, -0.25) is 9.48 Å². The number of amides is 1. The van der Waals surface area contributed by atoms with Crippen LogP contribution in [0.2, 0.25) is 0 Å². The Kier molecular flexibility index (Phi) is 5.89. The number of hydrazone groups is 1. The molecule has 3 aromatic rings. The van der Waals surface area contributed by atoms with Crippen LogP contribution < -0.4 is 10.2 Å². The molecule has 28 heavy (non-hydrogen) atoms. The second-order valence-corrected chi connectivity index (χ2v) is 6.65. The summed E-state index contributed by atoms with van der Waals surface area (Å²) in [4.78, 5) is 12.5. The van der Waals surface area contributed by atoms with Crippen molar-refractivity contribution in [3.8, 4) is 5.75 Å². The van der Waals surface area contributed by atoms with E-state index in [4.69, 9.17) is 4.74 Å². The Labute approximate surface area is 164 Å². The van der Waals surface area contributed by atoms with Crippen LogP contribution in [-0.2, 0) is 6.54 Å². The van der Waals surface area contributed by atoms with E-state index in [0.717, 1.165) is 34.0 Å². The Morgan fingerprint density at radius 3 is 2.50 bits per heavy atom. The van der Waals surface area contributed by atoms with Crippen molar-refractivity contribution in [3.63, 3.8) is 0 Å². The monoisotopic (exact) mass is 376 g/mol. The lowest BCUT2D eigenvalue weighted by Crippen LogP contribution is -2.19. The summed E-state index contributed by atoms with van der Waals surface area (Å²) < 4.78 is 7.08. The molecule has 1 aromatic heterocycles. The molecule has 1 N–H and O–H groups in total. The Hall–Kier alpha value is -3.41. The van der Waals surface area contributed by atoms with Crippen LogP contribution in [0.5, 0.6) is 5.75 Å². The van der Waals surface area contributed by atoms with Gasteiger partial charge in [-0.1, -0.05) is 12.1 Å². The smallest absolute Gasteiger partial charge is 0.271 e. The molecule has 0 aliphatic carbocycles. The van der Waals surface area contributed by atoms with E-state index in [0.29, 0.717) is 12.1 Å². The third-order valence-corrected chi connectivity index (χ3v) is 4.46. The topological polar surface area (TPSA) is 68.5 Å². The van der Waals surface area contributed by atoms with Crippen LogP contribution in [0.15, 0.2) is 59.7 Å². The maximum atomic E-state index is 12.5. The van der Waals surface area contributed by atoms with Crippen molar-refractivity contribution in [3.05, 3.63) is 82.7 Å². The first-order chi connectivity index (χ1) is 13.5. The third kappa shape index (κ3) is 4.65. The number of carbonyl (C=O) groups is 1. The van der Waals surface area contributed by atoms with E-state index < -0.39 is 0 Å². The fraction of sp³-hybridized carbons (Fsp3) is 0.227. The number of methoxy groups -OCH3 is 1. The highest BCUT2D eigenvalue weighted by Crippen LogP contribution is 2.12. The number of aromatic nitrogens is 2. The first-order valence-corrected chi connectivity index (χ1v) is 9.05. The van der Waals surface area contributed by atoms with Gasteiger partial charge in [0.15, 0.2) is 0 Å². The van der Waals surface area contributed by atoms with Crippen molar-refractivity contribution in [2.45, 2.75) is 27.3 Å². The maximum absolute atomic E-state index is 12.5. The second-order valence-electron chi connectivity index (χ2n) is 6.65. The van der Waals surface area contributed by atoms with Crippen LogP contribution >= 0.6 is 0 Å². The lowest BCUT2D eigenvalue weighted by molar-refractivity contribution is 0.0954. The third-order valence-electron chi connectivity index (χ3n) is 4.46. The molecule has 0 fully saturated rings. The van der Waals surface area contributed by atoms with Gasteiger partial charge in [-0.05, 0) is 74.4 Å². The van der Waals surface area contributed by atoms with Crippen molar-refractivity contribution in [1.29, 1.82) is 0 Å². The van der Waals surface area contributed by atoms with E-state index in [1.165, 1.54) is 0 Å². The molecular formula is C22H24N4O2. The normalized spacial score (nSPS) is 11.4. The minimum absolute atomic E-state index is 0.247. The number of hydrogen-bond acceptors (Lipinski definition) is 4. The molecule has 0 aliphatic rings. The molecule has 0 saturated heterocycles. The van der Waals surface area contributed by atoms with E-state index in [1.54, 1.807) is 13.2 Å². The van der Waals surface area contributed by atoms with Crippen LogP contribution in [0.4, 0.5) is 0 Å². The van der Waals surface area contributed by atoms with Gasteiger partial charge in [0.05, 0.1) is 25.1 Å². The standard InChI is InChI=1S/C22H24N4O2/c1-15-12-16(2)26(25-15)14-18-6-5-7-20(13-18)22(27)24-23-17(3)19-8-10-21(28-4)11-9-19/h5-13H,14H2,1-4H3,(H,24,27)/b23-17+. The lowest BCUT2D eigenvalue weighted by atomic mass is 10.1. The van der Waals surface area contributed by atoms with E-state index in [9.17, 15) is 4.79 Å². The van der Waals surface area contributed by atoms with Crippen molar-refractivity contribution in [2.24, 2.45) is 5.10 Å². The summed E-state index contributed by atoms with van der Waals surface area (Å²) in [7, 11) is 1.62. The predicted octanol–water partition coefficient (Wildman–Crippen LogP) is 3.71. The summed E-state index contributed by atoms with van der Waals surface area (Å²) in [6.45, 7) is 6.46. The van der Waals surface area contributed by atoms with Gasteiger partial charge in [0, 0.05) is 11.3 Å². The lowest BCUT2D eigenvalue weighted by Gasteiger charge is -2.07. The minimum atomic E-state index is -0.247. The quantitative estimate of drug-likeness (QED) is 0.527. The van der Waals surface area contributed by atoms with Gasteiger partial charge in [-0.25, -0.2) is 5.43 Å². The zero-order chi connectivity index (χ0) is 20.1. The first kappa shape index (κ1) is 19.4. The van der Waals surface area contributed by atoms with E-state index >= 15 is 0 Å². The number of hydrogen-bond donors (Lipinski definition) is 1. The van der Waals surface area contributed by atoms with Gasteiger partial charge >= 0.3 is 0 Å². The summed E-state index contributed by atoms with van der Waals surface area (Å²) in [5, 5.41) is 8.69. The molecule has 2 aromatic carbocycles. The number of carbonyl (C=O) groups excluding carboxylic acids is 1. The molecule has 0 spiro atoms. The summed E-state index contributed by atoms with van der Waals surface area (Å²) >= 11 is 0. The van der Waals surface area contributed by atoms with Crippen molar-refractivity contribution >= 4 is 11.6 Å². The molecule has 6 nitrogen and oxygen atoms in total. The Morgan fingerprint density at radius 1 is 1.11 bits per heavy atom. The van der Waals surface area contributed by atoms with Crippen LogP contribution in [0.3, 0.4) is 0 Å². The van der Waals surface area contributed by atoms with Gasteiger partial charge in [-0.2, -0.15) is 10.2 Å². The van der Waals surface area contributed by atoms with E-state index in [-0.39, 0.29) is 5.91 Å². The van der Waals surface area contributed by atoms with E-state index in [2.05, 4.69) is 15.6 Å². The van der Waals surface area contributed by atoms with E-state index in [1.807, 2.05) is 74.0 Å². The van der Waals surface area contributed by atoms with Gasteiger partial charge in [0.1, 0.15) is 5.75 Å². The summed E-state index contributed by atoms with van der Waals surface area (Å²) in [5.74, 6) is 0.531. The number of rotatable bonds is 6. The molecule has 1 amide bonds. The largest absolute Gasteiger partial charge is 0.497 e. The molecular weight excluding hydrogens is 352 g/mol. The van der Waals surface area contributed by atoms with Gasteiger partial charge in [0.2, 0.25) is 0 Å². The SMILES string of the molecule is COc1ccc(/C(C)=N/NC(=O)c2cccc(Cn3nc(C)cc3C)c2)cc1. The Morgan fingerprint density at radius 2 is 1.86 bits per heavy atom. The molecule has 1 heterocycles. The maximum Gasteiger partial charge on any atom is 0.271 e. The molecule has 0 bridgehead atoms. The highest BCUT2D eigenvalue weighted by molar-refractivity contribution is 6.00.